The number of carbonyl (C=O) groups excluding carboxylic acids is 1. The van der Waals surface area contributed by atoms with Gasteiger partial charge < -0.3 is 10.1 Å². The number of carbonyl (C=O) groups is 1. The van der Waals surface area contributed by atoms with Gasteiger partial charge in [-0.15, -0.1) is 0 Å². The first kappa shape index (κ1) is 15.0. The number of rotatable bonds is 6. The third-order valence-corrected chi connectivity index (χ3v) is 4.36. The highest BCUT2D eigenvalue weighted by Crippen LogP contribution is 2.36. The lowest BCUT2D eigenvalue weighted by molar-refractivity contribution is -0.139. The Morgan fingerprint density at radius 3 is 2.55 bits per heavy atom. The summed E-state index contributed by atoms with van der Waals surface area (Å²) >= 11 is 0. The summed E-state index contributed by atoms with van der Waals surface area (Å²) in [6.07, 6.45) is 5.72. The van der Waals surface area contributed by atoms with Gasteiger partial charge in [-0.25, -0.2) is 0 Å². The Kier molecular flexibility index (Phi) is 5.18. The van der Waals surface area contributed by atoms with Crippen molar-refractivity contribution in [2.75, 3.05) is 13.7 Å². The molecule has 3 nitrogen and oxygen atoms in total. The van der Waals surface area contributed by atoms with Crippen LogP contribution in [0.4, 0.5) is 0 Å². The Bertz CT molecular complexity index is 450. The molecule has 1 aliphatic rings. The predicted octanol–water partition coefficient (Wildman–Crippen LogP) is 3.07. The van der Waals surface area contributed by atoms with Crippen LogP contribution < -0.4 is 5.32 Å². The fourth-order valence-corrected chi connectivity index (χ4v) is 3.03. The normalized spacial score (nSPS) is 17.1. The topological polar surface area (TPSA) is 38.3 Å². The first-order valence-electron chi connectivity index (χ1n) is 7.47. The zero-order valence-corrected chi connectivity index (χ0v) is 12.6. The average molecular weight is 275 g/mol. The highest BCUT2D eigenvalue weighted by atomic mass is 16.5. The van der Waals surface area contributed by atoms with Crippen LogP contribution in [0, 0.1) is 5.41 Å². The molecule has 0 aromatic heterocycles. The third kappa shape index (κ3) is 4.07. The summed E-state index contributed by atoms with van der Waals surface area (Å²) in [5.41, 5.74) is 2.71. The van der Waals surface area contributed by atoms with E-state index in [4.69, 9.17) is 4.74 Å². The molecule has 0 aliphatic heterocycles. The molecule has 0 spiro atoms. The summed E-state index contributed by atoms with van der Waals surface area (Å²) in [6, 6.07) is 8.09. The van der Waals surface area contributed by atoms with E-state index in [9.17, 15) is 4.79 Å². The van der Waals surface area contributed by atoms with Crippen molar-refractivity contribution in [3.8, 4) is 0 Å². The summed E-state index contributed by atoms with van der Waals surface area (Å²) < 4.78 is 4.75. The number of methoxy groups -OCH3 is 1. The Morgan fingerprint density at radius 2 is 1.90 bits per heavy atom. The second kappa shape index (κ2) is 6.89. The smallest absolute Gasteiger partial charge is 0.309 e. The van der Waals surface area contributed by atoms with Gasteiger partial charge in [0.2, 0.25) is 0 Å². The van der Waals surface area contributed by atoms with Gasteiger partial charge in [-0.1, -0.05) is 44.0 Å². The number of benzene rings is 1. The van der Waals surface area contributed by atoms with Gasteiger partial charge in [0, 0.05) is 13.1 Å². The van der Waals surface area contributed by atoms with Gasteiger partial charge in [0.05, 0.1) is 13.5 Å². The minimum atomic E-state index is -0.180. The molecule has 20 heavy (non-hydrogen) atoms. The fourth-order valence-electron chi connectivity index (χ4n) is 3.03. The van der Waals surface area contributed by atoms with Crippen molar-refractivity contribution in [1.82, 2.24) is 5.32 Å². The van der Waals surface area contributed by atoms with E-state index in [1.807, 2.05) is 18.2 Å². The van der Waals surface area contributed by atoms with Crippen LogP contribution in [0.3, 0.4) is 0 Å². The summed E-state index contributed by atoms with van der Waals surface area (Å²) in [7, 11) is 1.43. The van der Waals surface area contributed by atoms with Crippen molar-refractivity contribution in [3.63, 3.8) is 0 Å². The van der Waals surface area contributed by atoms with E-state index >= 15 is 0 Å². The maximum Gasteiger partial charge on any atom is 0.309 e. The van der Waals surface area contributed by atoms with Crippen LogP contribution in [-0.2, 0) is 22.5 Å². The quantitative estimate of drug-likeness (QED) is 0.811. The van der Waals surface area contributed by atoms with Gasteiger partial charge >= 0.3 is 5.97 Å². The van der Waals surface area contributed by atoms with Crippen molar-refractivity contribution in [2.24, 2.45) is 5.41 Å². The summed E-state index contributed by atoms with van der Waals surface area (Å²) in [5.74, 6) is -0.180. The van der Waals surface area contributed by atoms with Gasteiger partial charge in [-0.3, -0.25) is 4.79 Å². The summed E-state index contributed by atoms with van der Waals surface area (Å²) in [5, 5.41) is 3.56. The molecule has 1 N–H and O–H groups in total. The van der Waals surface area contributed by atoms with Crippen molar-refractivity contribution in [3.05, 3.63) is 35.4 Å². The summed E-state index contributed by atoms with van der Waals surface area (Å²) in [6.45, 7) is 4.25. The van der Waals surface area contributed by atoms with Gasteiger partial charge in [0.15, 0.2) is 0 Å². The molecular weight excluding hydrogens is 250 g/mol. The first-order valence-corrected chi connectivity index (χ1v) is 7.47. The second-order valence-corrected chi connectivity index (χ2v) is 6.14. The molecule has 1 saturated carbocycles. The van der Waals surface area contributed by atoms with Gasteiger partial charge in [0.1, 0.15) is 0 Å². The number of hydrogen-bond acceptors (Lipinski definition) is 3. The van der Waals surface area contributed by atoms with Crippen LogP contribution in [0.25, 0.3) is 0 Å². The molecule has 0 bridgehead atoms. The van der Waals surface area contributed by atoms with E-state index < -0.39 is 0 Å². The predicted molar refractivity (Wildman–Crippen MR) is 80.4 cm³/mol. The van der Waals surface area contributed by atoms with Gasteiger partial charge in [-0.05, 0) is 29.4 Å². The van der Waals surface area contributed by atoms with Crippen LogP contribution in [0.15, 0.2) is 24.3 Å². The number of ether oxygens (including phenoxy) is 1. The monoisotopic (exact) mass is 275 g/mol. The lowest BCUT2D eigenvalue weighted by Gasteiger charge is -2.24. The van der Waals surface area contributed by atoms with Gasteiger partial charge in [-0.2, -0.15) is 0 Å². The molecule has 0 radical (unpaired) electrons. The standard InChI is InChI=1S/C17H25NO2/c1-17(9-5-6-10-17)13-18-12-15-8-4-3-7-14(15)11-16(19)20-2/h3-4,7-8,18H,5-6,9-13H2,1-2H3. The molecule has 110 valence electrons. The van der Waals surface area contributed by atoms with Crippen LogP contribution >= 0.6 is 0 Å². The zero-order valence-electron chi connectivity index (χ0n) is 12.6. The van der Waals surface area contributed by atoms with Crippen molar-refractivity contribution < 1.29 is 9.53 Å². The Hall–Kier alpha value is -1.35. The van der Waals surface area contributed by atoms with Crippen LogP contribution in [0.5, 0.6) is 0 Å². The Balaban J connectivity index is 1.90. The molecule has 3 heteroatoms. The van der Waals surface area contributed by atoms with E-state index in [2.05, 4.69) is 18.3 Å². The lowest BCUT2D eigenvalue weighted by atomic mass is 9.89. The Labute approximate surface area is 121 Å². The molecule has 1 aromatic carbocycles. The third-order valence-electron chi connectivity index (χ3n) is 4.36. The van der Waals surface area contributed by atoms with Crippen LogP contribution in [0.1, 0.15) is 43.7 Å². The molecule has 0 heterocycles. The van der Waals surface area contributed by atoms with E-state index in [0.29, 0.717) is 11.8 Å². The maximum atomic E-state index is 11.4. The number of esters is 1. The van der Waals surface area contributed by atoms with Crippen molar-refractivity contribution in [2.45, 2.75) is 45.6 Å². The average Bonchev–Trinajstić information content (AvgIpc) is 2.87. The molecule has 1 aromatic rings. The lowest BCUT2D eigenvalue weighted by Crippen LogP contribution is -2.29. The molecule has 1 aliphatic carbocycles. The highest BCUT2D eigenvalue weighted by molar-refractivity contribution is 5.72. The maximum absolute atomic E-state index is 11.4. The van der Waals surface area contributed by atoms with Crippen LogP contribution in [-0.4, -0.2) is 19.6 Å². The van der Waals surface area contributed by atoms with Crippen molar-refractivity contribution >= 4 is 5.97 Å². The van der Waals surface area contributed by atoms with Crippen molar-refractivity contribution in [1.29, 1.82) is 0 Å². The summed E-state index contributed by atoms with van der Waals surface area (Å²) in [4.78, 5) is 11.4. The Morgan fingerprint density at radius 1 is 1.25 bits per heavy atom. The molecule has 0 unspecified atom stereocenters. The largest absolute Gasteiger partial charge is 0.469 e. The first-order chi connectivity index (χ1) is 9.63. The highest BCUT2D eigenvalue weighted by Gasteiger charge is 2.27. The van der Waals surface area contributed by atoms with E-state index in [1.54, 1.807) is 0 Å². The minimum Gasteiger partial charge on any atom is -0.469 e. The number of nitrogens with one attached hydrogen (secondary N) is 1. The molecule has 2 rings (SSSR count). The van der Waals surface area contributed by atoms with E-state index in [-0.39, 0.29) is 5.97 Å². The van der Waals surface area contributed by atoms with E-state index in [1.165, 1.54) is 38.4 Å². The number of hydrogen-bond donors (Lipinski definition) is 1. The van der Waals surface area contributed by atoms with Crippen LogP contribution in [0.2, 0.25) is 0 Å². The minimum absolute atomic E-state index is 0.180. The zero-order chi connectivity index (χ0) is 14.4. The molecule has 0 atom stereocenters. The second-order valence-electron chi connectivity index (χ2n) is 6.14. The fraction of sp³-hybridized carbons (Fsp3) is 0.588. The SMILES string of the molecule is COC(=O)Cc1ccccc1CNCC1(C)CCCC1. The molecular formula is C17H25NO2. The van der Waals surface area contributed by atoms with Gasteiger partial charge in [0.25, 0.3) is 0 Å². The molecule has 1 fully saturated rings. The van der Waals surface area contributed by atoms with E-state index in [0.717, 1.165) is 18.7 Å². The molecule has 0 amide bonds. The molecule has 0 saturated heterocycles.